The number of halogens is 1. The second-order valence-corrected chi connectivity index (χ2v) is 4.91. The summed E-state index contributed by atoms with van der Waals surface area (Å²) in [5, 5.41) is 0. The number of fused-ring (bicyclic) bond motifs is 2. The van der Waals surface area contributed by atoms with Crippen LogP contribution in [0.5, 0.6) is 0 Å². The Kier molecular flexibility index (Phi) is 10.1. The molecule has 2 bridgehead atoms. The maximum Gasteiger partial charge on any atom is 0 e. The van der Waals surface area contributed by atoms with Crippen molar-refractivity contribution in [1.82, 2.24) is 0 Å². The van der Waals surface area contributed by atoms with Gasteiger partial charge < -0.3 is 24.0 Å². The van der Waals surface area contributed by atoms with E-state index in [2.05, 4.69) is 37.6 Å². The summed E-state index contributed by atoms with van der Waals surface area (Å²) >= 11 is 0. The Labute approximate surface area is 144 Å². The summed E-state index contributed by atoms with van der Waals surface area (Å²) in [6.07, 6.45) is 6.97. The molecule has 107 valence electrons. The molecule has 3 rings (SSSR count). The molecule has 1 radical (unpaired) electrons. The zero-order chi connectivity index (χ0) is 9.54. The van der Waals surface area contributed by atoms with E-state index >= 15 is 0 Å². The topological polar surface area (TPSA) is 0 Å². The van der Waals surface area contributed by atoms with Crippen molar-refractivity contribution in [2.24, 2.45) is 11.8 Å². The van der Waals surface area contributed by atoms with Crippen molar-refractivity contribution in [1.29, 1.82) is 0 Å². The minimum Gasteiger partial charge on any atom is -1.00 e. The molecule has 0 N–H and O–H groups in total. The first-order valence-corrected chi connectivity index (χ1v) is 5.75. The van der Waals surface area contributed by atoms with Crippen molar-refractivity contribution in [2.75, 3.05) is 0 Å². The molecular weight excluding hydrogens is 425 g/mol. The Balaban J connectivity index is 0. The van der Waals surface area contributed by atoms with Gasteiger partial charge >= 0.3 is 0 Å². The van der Waals surface area contributed by atoms with E-state index < -0.39 is 0 Å². The fraction of sp³-hybridized carbons (Fsp3) is 0.562. The van der Waals surface area contributed by atoms with E-state index in [0.717, 1.165) is 17.8 Å². The van der Waals surface area contributed by atoms with Gasteiger partial charge in [0.25, 0.3) is 0 Å². The Hall–Kier alpha value is 0.612. The minimum absolute atomic E-state index is 0. The summed E-state index contributed by atoms with van der Waals surface area (Å²) in [6, 6.07) is 8.89. The fourth-order valence-electron chi connectivity index (χ4n) is 3.32. The third-order valence-electron chi connectivity index (χ3n) is 4.05. The predicted octanol–water partition coefficient (Wildman–Crippen LogP) is 1.99. The first kappa shape index (κ1) is 20.9. The summed E-state index contributed by atoms with van der Waals surface area (Å²) in [5.74, 6) is 2.67. The van der Waals surface area contributed by atoms with Gasteiger partial charge in [-0.05, 0) is 61.5 Å². The molecule has 2 heteroatoms. The van der Waals surface area contributed by atoms with Gasteiger partial charge in [-0.25, -0.2) is 0 Å². The van der Waals surface area contributed by atoms with E-state index in [9.17, 15) is 0 Å². The van der Waals surface area contributed by atoms with Gasteiger partial charge in [-0.1, -0.05) is 39.1 Å². The monoisotopic (exact) mass is 450 g/mol. The van der Waals surface area contributed by atoms with Crippen LogP contribution in [-0.4, -0.2) is 0 Å². The van der Waals surface area contributed by atoms with Gasteiger partial charge in [0, 0.05) is 20.4 Å². The second-order valence-electron chi connectivity index (χ2n) is 4.91. The van der Waals surface area contributed by atoms with Crippen molar-refractivity contribution < 1.29 is 44.4 Å². The van der Waals surface area contributed by atoms with Crippen LogP contribution in [-0.2, 0) is 20.4 Å². The Bertz CT molecular complexity index is 351. The average molecular weight is 451 g/mol. The second kappa shape index (κ2) is 8.72. The number of aryl methyl sites for hydroxylation is 1. The van der Waals surface area contributed by atoms with E-state index in [1.807, 2.05) is 0 Å². The average Bonchev–Trinajstić information content (AvgIpc) is 2.79. The van der Waals surface area contributed by atoms with E-state index in [-0.39, 0.29) is 59.3 Å². The SMILES string of the molecule is C.C.Cc1ccccc1C1[CH]C2CCC1C2.[I-].[Pd]. The molecule has 0 heterocycles. The Morgan fingerprint density at radius 3 is 2.22 bits per heavy atom. The number of rotatable bonds is 1. The van der Waals surface area contributed by atoms with Gasteiger partial charge in [-0.15, -0.1) is 0 Å². The molecule has 2 saturated carbocycles. The molecule has 1 aromatic carbocycles. The van der Waals surface area contributed by atoms with E-state index in [1.165, 1.54) is 24.8 Å². The zero-order valence-corrected chi connectivity index (χ0v) is 13.1. The van der Waals surface area contributed by atoms with Gasteiger partial charge in [-0.2, -0.15) is 0 Å². The molecule has 0 aliphatic heterocycles. The van der Waals surface area contributed by atoms with E-state index in [0.29, 0.717) is 0 Å². The van der Waals surface area contributed by atoms with Gasteiger partial charge in [0.2, 0.25) is 0 Å². The molecule has 1 aromatic rings. The number of benzene rings is 1. The maximum atomic E-state index is 2.61. The van der Waals surface area contributed by atoms with Crippen molar-refractivity contribution in [3.8, 4) is 0 Å². The van der Waals surface area contributed by atoms with Gasteiger partial charge in [0.15, 0.2) is 0 Å². The molecule has 2 aliphatic rings. The first-order chi connectivity index (χ1) is 6.84. The van der Waals surface area contributed by atoms with Crippen LogP contribution in [0.25, 0.3) is 0 Å². The normalized spacial score (nSPS) is 27.3. The summed E-state index contributed by atoms with van der Waals surface area (Å²) in [5.41, 5.74) is 3.06. The quantitative estimate of drug-likeness (QED) is 0.454. The molecule has 0 spiro atoms. The maximum absolute atomic E-state index is 2.61. The van der Waals surface area contributed by atoms with Crippen LogP contribution in [0.1, 0.15) is 51.2 Å². The largest absolute Gasteiger partial charge is 1.00 e. The molecular formula is C16H25IPd-. The van der Waals surface area contributed by atoms with Crippen LogP contribution in [0.3, 0.4) is 0 Å². The van der Waals surface area contributed by atoms with Crippen LogP contribution in [0.2, 0.25) is 0 Å². The molecule has 3 unspecified atom stereocenters. The predicted molar refractivity (Wildman–Crippen MR) is 72.5 cm³/mol. The molecule has 0 saturated heterocycles. The summed E-state index contributed by atoms with van der Waals surface area (Å²) < 4.78 is 0. The summed E-state index contributed by atoms with van der Waals surface area (Å²) in [7, 11) is 0. The summed E-state index contributed by atoms with van der Waals surface area (Å²) in [6.45, 7) is 2.25. The third kappa shape index (κ3) is 3.81. The Morgan fingerprint density at radius 2 is 1.72 bits per heavy atom. The smallest absolute Gasteiger partial charge is 0 e. The van der Waals surface area contributed by atoms with Crippen molar-refractivity contribution in [3.05, 3.63) is 41.8 Å². The van der Waals surface area contributed by atoms with E-state index in [4.69, 9.17) is 0 Å². The van der Waals surface area contributed by atoms with Crippen LogP contribution in [0, 0.1) is 25.2 Å². The van der Waals surface area contributed by atoms with Crippen LogP contribution in [0.4, 0.5) is 0 Å². The van der Waals surface area contributed by atoms with E-state index in [1.54, 1.807) is 5.56 Å². The third-order valence-corrected chi connectivity index (χ3v) is 4.05. The number of hydrogen-bond acceptors (Lipinski definition) is 0. The molecule has 18 heavy (non-hydrogen) atoms. The molecule has 2 fully saturated rings. The van der Waals surface area contributed by atoms with Gasteiger partial charge in [-0.3, -0.25) is 0 Å². The first-order valence-electron chi connectivity index (χ1n) is 5.75. The van der Waals surface area contributed by atoms with Crippen LogP contribution < -0.4 is 24.0 Å². The number of hydrogen-bond donors (Lipinski definition) is 0. The van der Waals surface area contributed by atoms with Crippen molar-refractivity contribution >= 4 is 0 Å². The molecule has 0 aromatic heterocycles. The van der Waals surface area contributed by atoms with Gasteiger partial charge in [0.05, 0.1) is 0 Å². The Morgan fingerprint density at radius 1 is 1.06 bits per heavy atom. The summed E-state index contributed by atoms with van der Waals surface area (Å²) in [4.78, 5) is 0. The van der Waals surface area contributed by atoms with Crippen molar-refractivity contribution in [3.63, 3.8) is 0 Å². The van der Waals surface area contributed by atoms with Crippen LogP contribution >= 0.6 is 0 Å². The van der Waals surface area contributed by atoms with Gasteiger partial charge in [0.1, 0.15) is 0 Å². The zero-order valence-electron chi connectivity index (χ0n) is 9.43. The molecule has 0 nitrogen and oxygen atoms in total. The molecule has 3 atom stereocenters. The standard InChI is InChI=1S/C14H17.2CH4.HI.Pd/c1-10-4-2-3-5-13(10)14-9-11-6-7-12(14)8-11;;;;/h2-5,9,11-12,14H,6-8H2,1H3;2*1H4;1H;/p-1. The fourth-order valence-corrected chi connectivity index (χ4v) is 3.32. The minimum atomic E-state index is 0. The van der Waals surface area contributed by atoms with Crippen molar-refractivity contribution in [2.45, 2.75) is 47.0 Å². The molecule has 2 aliphatic carbocycles. The molecule has 0 amide bonds. The van der Waals surface area contributed by atoms with Crippen LogP contribution in [0.15, 0.2) is 24.3 Å².